The maximum absolute atomic E-state index is 5.91. The van der Waals surface area contributed by atoms with Crippen molar-refractivity contribution in [1.29, 1.82) is 0 Å². The van der Waals surface area contributed by atoms with Gasteiger partial charge in [-0.25, -0.2) is 0 Å². The zero-order chi connectivity index (χ0) is 11.8. The minimum absolute atomic E-state index is 0.656. The Hall–Kier alpha value is -1.39. The molecule has 0 aliphatic carbocycles. The molecule has 84 valence electrons. The van der Waals surface area contributed by atoms with Crippen molar-refractivity contribution in [3.63, 3.8) is 0 Å². The molecule has 2 heterocycles. The third-order valence-corrected chi connectivity index (χ3v) is 3.41. The van der Waals surface area contributed by atoms with Gasteiger partial charge in [0.15, 0.2) is 11.5 Å². The second-order valence-electron chi connectivity index (χ2n) is 3.58. The van der Waals surface area contributed by atoms with Crippen molar-refractivity contribution in [1.82, 2.24) is 14.6 Å². The number of benzene rings is 1. The number of nitrogens with zero attached hydrogens (tertiary/aromatic N) is 3. The van der Waals surface area contributed by atoms with Gasteiger partial charge in [-0.15, -0.1) is 10.2 Å². The van der Waals surface area contributed by atoms with Crippen LogP contribution in [-0.2, 0) is 0 Å². The fraction of sp³-hybridized carbons (Fsp3) is 0. The lowest BCUT2D eigenvalue weighted by Crippen LogP contribution is -1.89. The number of halogens is 2. The number of hydrogen-bond donors (Lipinski definition) is 0. The van der Waals surface area contributed by atoms with Gasteiger partial charge in [-0.1, -0.05) is 45.7 Å². The Morgan fingerprint density at radius 2 is 1.94 bits per heavy atom. The van der Waals surface area contributed by atoms with Crippen LogP contribution in [0.5, 0.6) is 0 Å². The lowest BCUT2D eigenvalue weighted by Gasteiger charge is -2.02. The topological polar surface area (TPSA) is 30.2 Å². The molecule has 0 amide bonds. The zero-order valence-corrected chi connectivity index (χ0v) is 11.0. The first-order valence-electron chi connectivity index (χ1n) is 5.01. The van der Waals surface area contributed by atoms with Crippen molar-refractivity contribution >= 4 is 33.2 Å². The van der Waals surface area contributed by atoms with Crippen LogP contribution in [0.4, 0.5) is 0 Å². The van der Waals surface area contributed by atoms with E-state index in [1.54, 1.807) is 6.07 Å². The van der Waals surface area contributed by atoms with Gasteiger partial charge in [0.1, 0.15) is 0 Å². The summed E-state index contributed by atoms with van der Waals surface area (Å²) in [6.07, 6.45) is 1.87. The summed E-state index contributed by atoms with van der Waals surface area (Å²) in [5.41, 5.74) is 1.74. The SMILES string of the molecule is Clc1ccn2c(-c3ccccc3Br)nnc2c1. The first-order chi connectivity index (χ1) is 8.25. The molecule has 0 fully saturated rings. The van der Waals surface area contributed by atoms with Gasteiger partial charge in [0.05, 0.1) is 0 Å². The number of rotatable bonds is 1. The molecule has 0 atom stereocenters. The molecule has 0 N–H and O–H groups in total. The van der Waals surface area contributed by atoms with Crippen LogP contribution in [0, 0.1) is 0 Å². The summed E-state index contributed by atoms with van der Waals surface area (Å²) in [6.45, 7) is 0. The van der Waals surface area contributed by atoms with Crippen molar-refractivity contribution in [3.8, 4) is 11.4 Å². The van der Waals surface area contributed by atoms with Gasteiger partial charge in [-0.2, -0.15) is 0 Å². The molecular formula is C12H7BrClN3. The van der Waals surface area contributed by atoms with Crippen LogP contribution in [0.1, 0.15) is 0 Å². The van der Waals surface area contributed by atoms with Gasteiger partial charge in [0, 0.05) is 27.3 Å². The summed E-state index contributed by atoms with van der Waals surface area (Å²) < 4.78 is 2.90. The van der Waals surface area contributed by atoms with Crippen LogP contribution in [0.25, 0.3) is 17.0 Å². The molecule has 3 rings (SSSR count). The van der Waals surface area contributed by atoms with E-state index in [1.165, 1.54) is 0 Å². The molecule has 2 aromatic heterocycles. The van der Waals surface area contributed by atoms with E-state index in [0.717, 1.165) is 21.5 Å². The first kappa shape index (κ1) is 10.7. The summed E-state index contributed by atoms with van der Waals surface area (Å²) >= 11 is 9.43. The molecule has 0 saturated heterocycles. The van der Waals surface area contributed by atoms with Crippen LogP contribution in [0.2, 0.25) is 5.02 Å². The molecule has 0 bridgehead atoms. The highest BCUT2D eigenvalue weighted by molar-refractivity contribution is 9.10. The van der Waals surface area contributed by atoms with Crippen LogP contribution < -0.4 is 0 Å². The fourth-order valence-corrected chi connectivity index (χ4v) is 2.31. The predicted octanol–water partition coefficient (Wildman–Crippen LogP) is 3.81. The number of fused-ring (bicyclic) bond motifs is 1. The summed E-state index contributed by atoms with van der Waals surface area (Å²) in [5, 5.41) is 8.95. The highest BCUT2D eigenvalue weighted by Gasteiger charge is 2.10. The minimum Gasteiger partial charge on any atom is -0.282 e. The monoisotopic (exact) mass is 307 g/mol. The number of hydrogen-bond acceptors (Lipinski definition) is 2. The van der Waals surface area contributed by atoms with E-state index >= 15 is 0 Å². The smallest absolute Gasteiger partial charge is 0.169 e. The lowest BCUT2D eigenvalue weighted by molar-refractivity contribution is 1.11. The van der Waals surface area contributed by atoms with Crippen LogP contribution >= 0.6 is 27.5 Å². The van der Waals surface area contributed by atoms with Gasteiger partial charge >= 0.3 is 0 Å². The van der Waals surface area contributed by atoms with Gasteiger partial charge in [-0.05, 0) is 12.1 Å². The van der Waals surface area contributed by atoms with Crippen molar-refractivity contribution in [2.24, 2.45) is 0 Å². The predicted molar refractivity (Wildman–Crippen MR) is 71.1 cm³/mol. The van der Waals surface area contributed by atoms with Gasteiger partial charge < -0.3 is 0 Å². The van der Waals surface area contributed by atoms with Crippen LogP contribution in [-0.4, -0.2) is 14.6 Å². The molecule has 1 aromatic carbocycles. The average Bonchev–Trinajstić information content (AvgIpc) is 2.72. The Morgan fingerprint density at radius 3 is 2.76 bits per heavy atom. The largest absolute Gasteiger partial charge is 0.282 e. The Bertz CT molecular complexity index is 693. The van der Waals surface area contributed by atoms with E-state index in [-0.39, 0.29) is 0 Å². The molecule has 5 heteroatoms. The molecule has 3 nitrogen and oxygen atoms in total. The van der Waals surface area contributed by atoms with E-state index in [9.17, 15) is 0 Å². The molecule has 0 spiro atoms. The fourth-order valence-electron chi connectivity index (χ4n) is 1.69. The molecule has 3 aromatic rings. The highest BCUT2D eigenvalue weighted by Crippen LogP contribution is 2.27. The highest BCUT2D eigenvalue weighted by atomic mass is 79.9. The maximum Gasteiger partial charge on any atom is 0.169 e. The van der Waals surface area contributed by atoms with E-state index < -0.39 is 0 Å². The zero-order valence-electron chi connectivity index (χ0n) is 8.64. The van der Waals surface area contributed by atoms with E-state index in [0.29, 0.717) is 5.02 Å². The van der Waals surface area contributed by atoms with Gasteiger partial charge in [0.25, 0.3) is 0 Å². The second kappa shape index (κ2) is 4.13. The average molecular weight is 309 g/mol. The van der Waals surface area contributed by atoms with E-state index in [4.69, 9.17) is 11.6 Å². The standard InChI is InChI=1S/C12H7BrClN3/c13-10-4-2-1-3-9(10)12-16-15-11-7-8(14)5-6-17(11)12/h1-7H. The van der Waals surface area contributed by atoms with Crippen molar-refractivity contribution in [3.05, 3.63) is 52.1 Å². The third-order valence-electron chi connectivity index (χ3n) is 2.49. The van der Waals surface area contributed by atoms with E-state index in [1.807, 2.05) is 40.9 Å². The Morgan fingerprint density at radius 1 is 1.12 bits per heavy atom. The van der Waals surface area contributed by atoms with E-state index in [2.05, 4.69) is 26.1 Å². The summed E-state index contributed by atoms with van der Waals surface area (Å²) in [4.78, 5) is 0. The van der Waals surface area contributed by atoms with Gasteiger partial charge in [0.2, 0.25) is 0 Å². The summed E-state index contributed by atoms with van der Waals surface area (Å²) in [7, 11) is 0. The third kappa shape index (κ3) is 1.83. The summed E-state index contributed by atoms with van der Waals surface area (Å²) in [6, 6.07) is 11.5. The van der Waals surface area contributed by atoms with Crippen molar-refractivity contribution < 1.29 is 0 Å². The van der Waals surface area contributed by atoms with Crippen LogP contribution in [0.15, 0.2) is 47.1 Å². The minimum atomic E-state index is 0.656. The maximum atomic E-state index is 5.91. The molecule has 0 unspecified atom stereocenters. The van der Waals surface area contributed by atoms with Crippen molar-refractivity contribution in [2.45, 2.75) is 0 Å². The van der Waals surface area contributed by atoms with Crippen molar-refractivity contribution in [2.75, 3.05) is 0 Å². The lowest BCUT2D eigenvalue weighted by atomic mass is 10.2. The van der Waals surface area contributed by atoms with Gasteiger partial charge in [-0.3, -0.25) is 4.40 Å². The quantitative estimate of drug-likeness (QED) is 0.684. The molecule has 17 heavy (non-hydrogen) atoms. The second-order valence-corrected chi connectivity index (χ2v) is 4.87. The Labute approximate surface area is 111 Å². The first-order valence-corrected chi connectivity index (χ1v) is 6.18. The number of aromatic nitrogens is 3. The number of pyridine rings is 1. The molecule has 0 aliphatic heterocycles. The van der Waals surface area contributed by atoms with Crippen LogP contribution in [0.3, 0.4) is 0 Å². The molecule has 0 saturated carbocycles. The Balaban J connectivity index is 2.29. The normalized spacial score (nSPS) is 10.9. The summed E-state index contributed by atoms with van der Waals surface area (Å²) in [5.74, 6) is 0.796. The molecular weight excluding hydrogens is 302 g/mol. The Kier molecular flexibility index (Phi) is 2.61. The molecule has 0 radical (unpaired) electrons. The molecule has 0 aliphatic rings.